The van der Waals surface area contributed by atoms with E-state index in [0.29, 0.717) is 25.3 Å². The minimum Gasteiger partial charge on any atom is -0.478 e. The molecular weight excluding hydrogens is 272 g/mol. The molecule has 2 unspecified atom stereocenters. The number of rotatable bonds is 4. The first-order valence-electron chi connectivity index (χ1n) is 6.99. The molecule has 21 heavy (non-hydrogen) atoms. The van der Waals surface area contributed by atoms with Gasteiger partial charge in [-0.3, -0.25) is 4.79 Å². The smallest absolute Gasteiger partial charge is 0.335 e. The van der Waals surface area contributed by atoms with Crippen LogP contribution in [0.15, 0.2) is 18.2 Å². The number of benzene rings is 1. The van der Waals surface area contributed by atoms with E-state index in [1.165, 1.54) is 12.1 Å². The van der Waals surface area contributed by atoms with E-state index < -0.39 is 5.97 Å². The van der Waals surface area contributed by atoms with Crippen LogP contribution in [0.4, 0.5) is 11.4 Å². The highest BCUT2D eigenvalue weighted by Crippen LogP contribution is 2.28. The quantitative estimate of drug-likeness (QED) is 0.825. The van der Waals surface area contributed by atoms with Gasteiger partial charge in [0.1, 0.15) is 0 Å². The van der Waals surface area contributed by atoms with E-state index in [1.54, 1.807) is 11.0 Å². The summed E-state index contributed by atoms with van der Waals surface area (Å²) in [6.45, 7) is 4.70. The number of nitrogens with two attached hydrogens (primary N) is 1. The van der Waals surface area contributed by atoms with Gasteiger partial charge in [0, 0.05) is 6.54 Å². The van der Waals surface area contributed by atoms with Gasteiger partial charge in [-0.05, 0) is 38.5 Å². The standard InChI is InChI=1S/C15H20N2O4/c1-3-17(14(18)11-6-9(2)21-8-11)13-5-4-10(15(19)20)7-12(13)16/h4-5,7,9,11H,3,6,8,16H2,1-2H3,(H,19,20). The Morgan fingerprint density at radius 3 is 2.67 bits per heavy atom. The van der Waals surface area contributed by atoms with Crippen molar-refractivity contribution in [3.05, 3.63) is 23.8 Å². The third-order valence-corrected chi connectivity index (χ3v) is 3.70. The molecule has 0 radical (unpaired) electrons. The Balaban J connectivity index is 2.25. The number of carboxylic acids is 1. The van der Waals surface area contributed by atoms with Gasteiger partial charge in [0.05, 0.1) is 35.6 Å². The summed E-state index contributed by atoms with van der Waals surface area (Å²) < 4.78 is 5.44. The molecule has 1 aliphatic heterocycles. The molecule has 1 aromatic carbocycles. The van der Waals surface area contributed by atoms with Crippen LogP contribution in [0.2, 0.25) is 0 Å². The highest BCUT2D eigenvalue weighted by molar-refractivity contribution is 5.99. The number of hydrogen-bond acceptors (Lipinski definition) is 4. The Kier molecular flexibility index (Phi) is 4.47. The Morgan fingerprint density at radius 1 is 1.48 bits per heavy atom. The zero-order valence-electron chi connectivity index (χ0n) is 12.2. The number of carbonyl (C=O) groups excluding carboxylic acids is 1. The lowest BCUT2D eigenvalue weighted by Crippen LogP contribution is -2.37. The molecular formula is C15H20N2O4. The van der Waals surface area contributed by atoms with Crippen molar-refractivity contribution in [2.45, 2.75) is 26.4 Å². The first kappa shape index (κ1) is 15.3. The van der Waals surface area contributed by atoms with E-state index in [4.69, 9.17) is 15.6 Å². The van der Waals surface area contributed by atoms with Crippen LogP contribution in [0.25, 0.3) is 0 Å². The van der Waals surface area contributed by atoms with E-state index in [1.807, 2.05) is 13.8 Å². The average molecular weight is 292 g/mol. The monoisotopic (exact) mass is 292 g/mol. The number of ether oxygens (including phenoxy) is 1. The number of nitrogens with zero attached hydrogens (tertiary/aromatic N) is 1. The fraction of sp³-hybridized carbons (Fsp3) is 0.467. The SMILES string of the molecule is CCN(C(=O)C1COC(C)C1)c1ccc(C(=O)O)cc1N. The maximum atomic E-state index is 12.6. The lowest BCUT2D eigenvalue weighted by molar-refractivity contribution is -0.122. The first-order valence-corrected chi connectivity index (χ1v) is 6.99. The van der Waals surface area contributed by atoms with Crippen molar-refractivity contribution in [2.24, 2.45) is 5.92 Å². The van der Waals surface area contributed by atoms with Crippen molar-refractivity contribution in [3.8, 4) is 0 Å². The molecule has 1 heterocycles. The summed E-state index contributed by atoms with van der Waals surface area (Å²) >= 11 is 0. The minimum atomic E-state index is -1.04. The summed E-state index contributed by atoms with van der Waals surface area (Å²) in [5, 5.41) is 8.95. The molecule has 1 saturated heterocycles. The number of carboxylic acid groups (broad SMARTS) is 1. The molecule has 0 aliphatic carbocycles. The van der Waals surface area contributed by atoms with Crippen LogP contribution in [0, 0.1) is 5.92 Å². The van der Waals surface area contributed by atoms with Crippen LogP contribution in [-0.4, -0.2) is 36.2 Å². The van der Waals surface area contributed by atoms with E-state index in [-0.39, 0.29) is 29.2 Å². The summed E-state index contributed by atoms with van der Waals surface area (Å²) in [6, 6.07) is 4.42. The van der Waals surface area contributed by atoms with Gasteiger partial charge in [-0.25, -0.2) is 4.79 Å². The maximum Gasteiger partial charge on any atom is 0.335 e. The molecule has 3 N–H and O–H groups in total. The Morgan fingerprint density at radius 2 is 2.19 bits per heavy atom. The zero-order valence-corrected chi connectivity index (χ0v) is 12.2. The largest absolute Gasteiger partial charge is 0.478 e. The number of carbonyl (C=O) groups is 2. The van der Waals surface area contributed by atoms with Crippen molar-refractivity contribution < 1.29 is 19.4 Å². The van der Waals surface area contributed by atoms with E-state index in [9.17, 15) is 9.59 Å². The summed E-state index contributed by atoms with van der Waals surface area (Å²) in [5.41, 5.74) is 6.86. The second kappa shape index (κ2) is 6.13. The molecule has 0 saturated carbocycles. The zero-order chi connectivity index (χ0) is 15.6. The summed E-state index contributed by atoms with van der Waals surface area (Å²) in [7, 11) is 0. The molecule has 2 atom stereocenters. The highest BCUT2D eigenvalue weighted by Gasteiger charge is 2.32. The van der Waals surface area contributed by atoms with Gasteiger partial charge in [-0.2, -0.15) is 0 Å². The fourth-order valence-electron chi connectivity index (χ4n) is 2.59. The number of nitrogen functional groups attached to an aromatic ring is 1. The Hall–Kier alpha value is -2.08. The molecule has 0 bridgehead atoms. The Labute approximate surface area is 123 Å². The topological polar surface area (TPSA) is 92.9 Å². The van der Waals surface area contributed by atoms with Crippen molar-refractivity contribution in [3.63, 3.8) is 0 Å². The van der Waals surface area contributed by atoms with Crippen molar-refractivity contribution >= 4 is 23.3 Å². The molecule has 0 aromatic heterocycles. The van der Waals surface area contributed by atoms with Gasteiger partial charge in [-0.1, -0.05) is 0 Å². The van der Waals surface area contributed by atoms with Crippen molar-refractivity contribution in [1.82, 2.24) is 0 Å². The van der Waals surface area contributed by atoms with E-state index in [0.717, 1.165) is 0 Å². The Bertz CT molecular complexity index is 559. The summed E-state index contributed by atoms with van der Waals surface area (Å²) in [6.07, 6.45) is 0.784. The molecule has 1 aliphatic rings. The van der Waals surface area contributed by atoms with Gasteiger partial charge in [0.15, 0.2) is 0 Å². The minimum absolute atomic E-state index is 0.0309. The predicted octanol–water partition coefficient (Wildman–Crippen LogP) is 1.74. The van der Waals surface area contributed by atoms with E-state index >= 15 is 0 Å². The first-order chi connectivity index (χ1) is 9.93. The number of amides is 1. The summed E-state index contributed by atoms with van der Waals surface area (Å²) in [5.74, 6) is -1.24. The van der Waals surface area contributed by atoms with Crippen LogP contribution < -0.4 is 10.6 Å². The van der Waals surface area contributed by atoms with Crippen LogP contribution in [0.5, 0.6) is 0 Å². The molecule has 114 valence electrons. The second-order valence-electron chi connectivity index (χ2n) is 5.24. The third kappa shape index (κ3) is 3.16. The number of hydrogen-bond donors (Lipinski definition) is 2. The second-order valence-corrected chi connectivity index (χ2v) is 5.24. The number of aromatic carboxylic acids is 1. The van der Waals surface area contributed by atoms with Gasteiger partial charge in [-0.15, -0.1) is 0 Å². The summed E-state index contributed by atoms with van der Waals surface area (Å²) in [4.78, 5) is 25.1. The average Bonchev–Trinajstić information content (AvgIpc) is 2.87. The third-order valence-electron chi connectivity index (χ3n) is 3.70. The van der Waals surface area contributed by atoms with E-state index in [2.05, 4.69) is 0 Å². The van der Waals surface area contributed by atoms with Crippen molar-refractivity contribution in [1.29, 1.82) is 0 Å². The molecule has 1 fully saturated rings. The molecule has 6 nitrogen and oxygen atoms in total. The van der Waals surface area contributed by atoms with Crippen LogP contribution in [0.3, 0.4) is 0 Å². The molecule has 1 amide bonds. The maximum absolute atomic E-state index is 12.6. The fourth-order valence-corrected chi connectivity index (χ4v) is 2.59. The molecule has 6 heteroatoms. The van der Waals surface area contributed by atoms with Gasteiger partial charge >= 0.3 is 5.97 Å². The lowest BCUT2D eigenvalue weighted by Gasteiger charge is -2.25. The van der Waals surface area contributed by atoms with Crippen LogP contribution in [-0.2, 0) is 9.53 Å². The predicted molar refractivity (Wildman–Crippen MR) is 79.4 cm³/mol. The molecule has 2 rings (SSSR count). The van der Waals surface area contributed by atoms with Gasteiger partial charge in [0.25, 0.3) is 0 Å². The molecule has 1 aromatic rings. The van der Waals surface area contributed by atoms with Gasteiger partial charge < -0.3 is 20.5 Å². The van der Waals surface area contributed by atoms with Crippen molar-refractivity contribution in [2.75, 3.05) is 23.8 Å². The highest BCUT2D eigenvalue weighted by atomic mass is 16.5. The van der Waals surface area contributed by atoms with Crippen LogP contribution >= 0.6 is 0 Å². The molecule has 0 spiro atoms. The van der Waals surface area contributed by atoms with Crippen LogP contribution in [0.1, 0.15) is 30.6 Å². The number of anilines is 2. The van der Waals surface area contributed by atoms with Gasteiger partial charge in [0.2, 0.25) is 5.91 Å². The lowest BCUT2D eigenvalue weighted by atomic mass is 10.0. The normalized spacial score (nSPS) is 21.2.